The predicted molar refractivity (Wildman–Crippen MR) is 86.7 cm³/mol. The number of hydrogen-bond donors (Lipinski definition) is 1. The van der Waals surface area contributed by atoms with Crippen LogP contribution in [0.25, 0.3) is 0 Å². The quantitative estimate of drug-likeness (QED) is 0.872. The Morgan fingerprint density at radius 2 is 2.05 bits per heavy atom. The number of carbonyl (C=O) groups is 1. The molecule has 1 aromatic rings. The number of likely N-dealkylation sites (N-methyl/N-ethyl adjacent to an activating group) is 1. The SMILES string of the molecule is CN(CCOc1ccc(F)cc1)C(=O)C[C@@H]1CCC[C@H]1N.Cl. The van der Waals surface area contributed by atoms with Crippen LogP contribution in [-0.4, -0.2) is 37.0 Å². The third-order valence-corrected chi connectivity index (χ3v) is 4.09. The van der Waals surface area contributed by atoms with Gasteiger partial charge in [-0.1, -0.05) is 6.42 Å². The van der Waals surface area contributed by atoms with Crippen LogP contribution < -0.4 is 10.5 Å². The molecule has 4 nitrogen and oxygen atoms in total. The van der Waals surface area contributed by atoms with Gasteiger partial charge in [-0.25, -0.2) is 4.39 Å². The van der Waals surface area contributed by atoms with E-state index in [0.717, 1.165) is 19.3 Å². The summed E-state index contributed by atoms with van der Waals surface area (Å²) in [4.78, 5) is 13.8. The van der Waals surface area contributed by atoms with E-state index < -0.39 is 0 Å². The largest absolute Gasteiger partial charge is 0.492 e. The first-order valence-corrected chi connectivity index (χ1v) is 7.44. The molecule has 0 aromatic heterocycles. The lowest BCUT2D eigenvalue weighted by Crippen LogP contribution is -2.35. The van der Waals surface area contributed by atoms with Crippen molar-refractivity contribution in [3.05, 3.63) is 30.1 Å². The number of hydrogen-bond acceptors (Lipinski definition) is 3. The molecule has 2 atom stereocenters. The summed E-state index contributed by atoms with van der Waals surface area (Å²) in [6, 6.07) is 6.03. The first-order chi connectivity index (χ1) is 10.1. The van der Waals surface area contributed by atoms with E-state index in [-0.39, 0.29) is 30.2 Å². The second-order valence-corrected chi connectivity index (χ2v) is 5.68. The van der Waals surface area contributed by atoms with E-state index in [1.165, 1.54) is 12.1 Å². The number of nitrogens with zero attached hydrogens (tertiary/aromatic N) is 1. The molecule has 1 amide bonds. The van der Waals surface area contributed by atoms with Gasteiger partial charge in [0.05, 0.1) is 6.54 Å². The summed E-state index contributed by atoms with van der Waals surface area (Å²) in [7, 11) is 1.77. The van der Waals surface area contributed by atoms with Crippen LogP contribution in [0.5, 0.6) is 5.75 Å². The summed E-state index contributed by atoms with van der Waals surface area (Å²) >= 11 is 0. The standard InChI is InChI=1S/C16H23FN2O2.ClH/c1-19(16(20)11-12-3-2-4-15(12)18)9-10-21-14-7-5-13(17)6-8-14;/h5-8,12,15H,2-4,9-11,18H2,1H3;1H/t12-,15+;/m0./s1. The molecule has 0 aliphatic heterocycles. The number of nitrogens with two attached hydrogens (primary N) is 1. The molecule has 124 valence electrons. The second kappa shape index (κ2) is 8.96. The molecular formula is C16H24ClFN2O2. The van der Waals surface area contributed by atoms with Gasteiger partial charge in [0.1, 0.15) is 18.2 Å². The minimum absolute atomic E-state index is 0. The summed E-state index contributed by atoms with van der Waals surface area (Å²) in [6.45, 7) is 0.906. The summed E-state index contributed by atoms with van der Waals surface area (Å²) in [6.07, 6.45) is 3.72. The van der Waals surface area contributed by atoms with Gasteiger partial charge in [0.25, 0.3) is 0 Å². The normalized spacial score (nSPS) is 20.3. The topological polar surface area (TPSA) is 55.6 Å². The Labute approximate surface area is 137 Å². The molecule has 1 aliphatic carbocycles. The fraction of sp³-hybridized carbons (Fsp3) is 0.562. The molecule has 1 saturated carbocycles. The maximum absolute atomic E-state index is 12.7. The number of halogens is 2. The van der Waals surface area contributed by atoms with Crippen LogP contribution >= 0.6 is 12.4 Å². The van der Waals surface area contributed by atoms with Crippen molar-refractivity contribution >= 4 is 18.3 Å². The molecule has 2 N–H and O–H groups in total. The second-order valence-electron chi connectivity index (χ2n) is 5.68. The van der Waals surface area contributed by atoms with Crippen molar-refractivity contribution in [2.75, 3.05) is 20.2 Å². The molecule has 6 heteroatoms. The first-order valence-electron chi connectivity index (χ1n) is 7.44. The van der Waals surface area contributed by atoms with Gasteiger partial charge in [-0.05, 0) is 43.0 Å². The molecule has 0 unspecified atom stereocenters. The van der Waals surface area contributed by atoms with E-state index in [1.807, 2.05) is 0 Å². The van der Waals surface area contributed by atoms with Gasteiger partial charge in [0.15, 0.2) is 0 Å². The fourth-order valence-corrected chi connectivity index (χ4v) is 2.66. The Balaban J connectivity index is 0.00000242. The zero-order valence-electron chi connectivity index (χ0n) is 12.8. The van der Waals surface area contributed by atoms with Gasteiger partial charge >= 0.3 is 0 Å². The molecule has 1 aromatic carbocycles. The molecule has 2 rings (SSSR count). The van der Waals surface area contributed by atoms with Crippen molar-refractivity contribution in [3.8, 4) is 5.75 Å². The molecular weight excluding hydrogens is 307 g/mol. The van der Waals surface area contributed by atoms with E-state index in [0.29, 0.717) is 31.2 Å². The van der Waals surface area contributed by atoms with Gasteiger partial charge in [0.2, 0.25) is 5.91 Å². The lowest BCUT2D eigenvalue weighted by atomic mass is 9.99. The summed E-state index contributed by atoms with van der Waals surface area (Å²) < 4.78 is 18.2. The highest BCUT2D eigenvalue weighted by atomic mass is 35.5. The zero-order valence-corrected chi connectivity index (χ0v) is 13.7. The van der Waals surface area contributed by atoms with Gasteiger partial charge in [0, 0.05) is 19.5 Å². The Morgan fingerprint density at radius 1 is 1.36 bits per heavy atom. The highest BCUT2D eigenvalue weighted by Crippen LogP contribution is 2.27. The maximum atomic E-state index is 12.7. The number of rotatable bonds is 6. The highest BCUT2D eigenvalue weighted by molar-refractivity contribution is 5.85. The minimum Gasteiger partial charge on any atom is -0.492 e. The Kier molecular flexibility index (Phi) is 7.62. The molecule has 0 bridgehead atoms. The monoisotopic (exact) mass is 330 g/mol. The van der Waals surface area contributed by atoms with Gasteiger partial charge in [-0.2, -0.15) is 0 Å². The van der Waals surface area contributed by atoms with Crippen molar-refractivity contribution in [3.63, 3.8) is 0 Å². The van der Waals surface area contributed by atoms with Crippen LogP contribution in [0, 0.1) is 11.7 Å². The van der Waals surface area contributed by atoms with E-state index in [4.69, 9.17) is 10.5 Å². The Bertz CT molecular complexity index is 470. The van der Waals surface area contributed by atoms with Crippen molar-refractivity contribution in [1.29, 1.82) is 0 Å². The molecule has 0 heterocycles. The van der Waals surface area contributed by atoms with E-state index in [9.17, 15) is 9.18 Å². The molecule has 0 saturated heterocycles. The lowest BCUT2D eigenvalue weighted by molar-refractivity contribution is -0.131. The summed E-state index contributed by atoms with van der Waals surface area (Å²) in [5.74, 6) is 0.746. The van der Waals surface area contributed by atoms with Crippen LogP contribution in [-0.2, 0) is 4.79 Å². The highest BCUT2D eigenvalue weighted by Gasteiger charge is 2.27. The van der Waals surface area contributed by atoms with E-state index >= 15 is 0 Å². The van der Waals surface area contributed by atoms with Crippen molar-refractivity contribution in [2.45, 2.75) is 31.7 Å². The predicted octanol–water partition coefficient (Wildman–Crippen LogP) is 2.60. The van der Waals surface area contributed by atoms with E-state index in [2.05, 4.69) is 0 Å². The Hall–Kier alpha value is -1.33. The van der Waals surface area contributed by atoms with Crippen molar-refractivity contribution < 1.29 is 13.9 Å². The van der Waals surface area contributed by atoms with Gasteiger partial charge < -0.3 is 15.4 Å². The number of carbonyl (C=O) groups excluding carboxylic acids is 1. The molecule has 0 radical (unpaired) electrons. The number of benzene rings is 1. The van der Waals surface area contributed by atoms with E-state index in [1.54, 1.807) is 24.1 Å². The maximum Gasteiger partial charge on any atom is 0.222 e. The fourth-order valence-electron chi connectivity index (χ4n) is 2.66. The average molecular weight is 331 g/mol. The first kappa shape index (κ1) is 18.7. The third kappa shape index (κ3) is 5.46. The molecule has 1 aliphatic rings. The van der Waals surface area contributed by atoms with Crippen LogP contribution in [0.4, 0.5) is 4.39 Å². The van der Waals surface area contributed by atoms with Crippen LogP contribution in [0.2, 0.25) is 0 Å². The van der Waals surface area contributed by atoms with Crippen molar-refractivity contribution in [2.24, 2.45) is 11.7 Å². The lowest BCUT2D eigenvalue weighted by Gasteiger charge is -2.21. The Morgan fingerprint density at radius 3 is 2.64 bits per heavy atom. The summed E-state index contributed by atoms with van der Waals surface area (Å²) in [5.41, 5.74) is 5.99. The number of amides is 1. The number of ether oxygens (including phenoxy) is 1. The summed E-state index contributed by atoms with van der Waals surface area (Å²) in [5, 5.41) is 0. The van der Waals surface area contributed by atoms with Crippen LogP contribution in [0.15, 0.2) is 24.3 Å². The van der Waals surface area contributed by atoms with Crippen LogP contribution in [0.3, 0.4) is 0 Å². The third-order valence-electron chi connectivity index (χ3n) is 4.09. The smallest absolute Gasteiger partial charge is 0.222 e. The van der Waals surface area contributed by atoms with Gasteiger partial charge in [-0.3, -0.25) is 4.79 Å². The molecule has 0 spiro atoms. The molecule has 1 fully saturated rings. The minimum atomic E-state index is -0.289. The van der Waals surface area contributed by atoms with Crippen LogP contribution in [0.1, 0.15) is 25.7 Å². The van der Waals surface area contributed by atoms with Crippen molar-refractivity contribution in [1.82, 2.24) is 4.90 Å². The zero-order chi connectivity index (χ0) is 15.2. The molecule has 22 heavy (non-hydrogen) atoms. The van der Waals surface area contributed by atoms with Gasteiger partial charge in [-0.15, -0.1) is 12.4 Å². The average Bonchev–Trinajstić information content (AvgIpc) is 2.86.